The van der Waals surface area contributed by atoms with Crippen LogP contribution in [0.4, 0.5) is 0 Å². The van der Waals surface area contributed by atoms with Gasteiger partial charge in [0.2, 0.25) is 0 Å². The van der Waals surface area contributed by atoms with Crippen LogP contribution >= 0.6 is 30.4 Å². The molecular weight excluding hydrogens is 570 g/mol. The van der Waals surface area contributed by atoms with Crippen LogP contribution in [0.5, 0.6) is 0 Å². The van der Waals surface area contributed by atoms with Crippen molar-refractivity contribution in [1.29, 1.82) is 0 Å². The summed E-state index contributed by atoms with van der Waals surface area (Å²) in [6.45, 7) is 6.56. The molecule has 0 saturated carbocycles. The zero-order valence-electron chi connectivity index (χ0n) is 29.2. The summed E-state index contributed by atoms with van der Waals surface area (Å²) in [6, 6.07) is 0. The van der Waals surface area contributed by atoms with E-state index in [4.69, 9.17) is 13.5 Å². The molecule has 0 rings (SSSR count). The van der Waals surface area contributed by atoms with Gasteiger partial charge in [-0.2, -0.15) is 9.03 Å². The van der Waals surface area contributed by atoms with Gasteiger partial charge in [0, 0.05) is 47.8 Å². The molecule has 0 aromatic rings. The Hall–Kier alpha value is 0.720. The van der Waals surface area contributed by atoms with Crippen LogP contribution in [-0.2, 0) is 0 Å². The summed E-state index contributed by atoms with van der Waals surface area (Å²) in [5.41, 5.74) is -0.313. The van der Waals surface area contributed by atoms with Gasteiger partial charge < -0.3 is 0 Å². The molecule has 0 atom stereocenters. The molecule has 0 spiro atoms. The van der Waals surface area contributed by atoms with Crippen LogP contribution in [0.15, 0.2) is 13.5 Å². The van der Waals surface area contributed by atoms with Crippen LogP contribution < -0.4 is 5.09 Å². The molecule has 0 saturated heterocycles. The van der Waals surface area contributed by atoms with Gasteiger partial charge in [-0.25, -0.2) is 5.09 Å². The van der Waals surface area contributed by atoms with Gasteiger partial charge in [0.25, 0.3) is 0 Å². The van der Waals surface area contributed by atoms with E-state index < -0.39 is 30.4 Å². The Morgan fingerprint density at radius 3 is 0.846 bits per heavy atom. The van der Waals surface area contributed by atoms with Crippen molar-refractivity contribution >= 4 is 30.4 Å². The number of nitrogens with zero attached hydrogens (tertiary/aromatic N) is 12. The van der Waals surface area contributed by atoms with Crippen molar-refractivity contribution in [1.82, 2.24) is 47.1 Å². The van der Waals surface area contributed by atoms with E-state index >= 15 is 0 Å². The van der Waals surface area contributed by atoms with Crippen molar-refractivity contribution in [3.63, 3.8) is 0 Å². The number of rotatable bonds is 13. The van der Waals surface area contributed by atoms with Gasteiger partial charge in [-0.15, -0.1) is 14.0 Å². The largest absolute Gasteiger partial charge is 0.357 e. The molecule has 0 amide bonds. The van der Waals surface area contributed by atoms with Crippen LogP contribution in [0, 0.1) is 0 Å². The van der Waals surface area contributed by atoms with Gasteiger partial charge in [0.1, 0.15) is 0 Å². The van der Waals surface area contributed by atoms with E-state index in [2.05, 4.69) is 195 Å². The molecule has 0 aliphatic heterocycles. The lowest BCUT2D eigenvalue weighted by Crippen LogP contribution is -2.38. The number of hydrogen-bond acceptors (Lipinski definition) is 4. The number of nitrogens with one attached hydrogen (secondary N) is 1. The smallest absolute Gasteiger partial charge is 0.252 e. The molecule has 0 aliphatic carbocycles. The fourth-order valence-corrected chi connectivity index (χ4v) is 24.1. The molecule has 1 N–H and O–H groups in total. The topological polar surface area (TPSA) is 78.3 Å². The van der Waals surface area contributed by atoms with Gasteiger partial charge in [0.15, 0.2) is 15.0 Å². The molecule has 0 aromatic heterocycles. The highest BCUT2D eigenvalue weighted by Crippen LogP contribution is 2.78. The Balaban J connectivity index is 9.23. The summed E-state index contributed by atoms with van der Waals surface area (Å²) in [5, 5.41) is 3.98. The van der Waals surface area contributed by atoms with Crippen LogP contribution in [0.25, 0.3) is 0 Å². The second kappa shape index (κ2) is 14.5. The second-order valence-electron chi connectivity index (χ2n) is 12.4. The van der Waals surface area contributed by atoms with E-state index in [0.717, 1.165) is 0 Å². The highest BCUT2D eigenvalue weighted by Gasteiger charge is 2.53. The van der Waals surface area contributed by atoms with E-state index in [1.807, 2.05) is 0 Å². The molecule has 39 heavy (non-hydrogen) atoms. The summed E-state index contributed by atoms with van der Waals surface area (Å²) >= 11 is 0. The molecule has 0 unspecified atom stereocenters. The minimum absolute atomic E-state index is 0.313. The number of hydrogen-bond donors (Lipinski definition) is 1. The predicted molar refractivity (Wildman–Crippen MR) is 181 cm³/mol. The molecule has 0 fully saturated rings. The van der Waals surface area contributed by atoms with Gasteiger partial charge in [-0.1, -0.05) is 0 Å². The fraction of sp³-hybridized carbons (Fsp3) is 1.00. The molecule has 0 aromatic carbocycles. The van der Waals surface area contributed by atoms with Crippen LogP contribution in [0.2, 0.25) is 0 Å². The summed E-state index contributed by atoms with van der Waals surface area (Å²) in [6.07, 6.45) is 0. The highest BCUT2D eigenvalue weighted by atomic mass is 31.3. The molecular formula is C22H64N13P4+. The predicted octanol–water partition coefficient (Wildman–Crippen LogP) is 4.95. The lowest BCUT2D eigenvalue weighted by Gasteiger charge is -2.46. The maximum absolute atomic E-state index is 5.94. The first kappa shape index (κ1) is 39.7. The molecule has 236 valence electrons. The second-order valence-corrected chi connectivity index (χ2v) is 26.4. The normalized spacial score (nSPS) is 14.9. The maximum atomic E-state index is 5.94. The molecule has 0 aliphatic rings. The van der Waals surface area contributed by atoms with E-state index in [9.17, 15) is 0 Å². The Kier molecular flexibility index (Phi) is 14.7. The minimum Gasteiger partial charge on any atom is -0.252 e. The minimum atomic E-state index is -3.07. The van der Waals surface area contributed by atoms with Crippen molar-refractivity contribution < 1.29 is 0 Å². The van der Waals surface area contributed by atoms with E-state index in [-0.39, 0.29) is 5.54 Å². The third-order valence-corrected chi connectivity index (χ3v) is 22.6. The maximum Gasteiger partial charge on any atom is 0.357 e. The summed E-state index contributed by atoms with van der Waals surface area (Å²) in [7, 11) is 27.7. The van der Waals surface area contributed by atoms with Gasteiger partial charge >= 0.3 is 15.4 Å². The standard InChI is InChI=1S/C22H64N13P4/c1-22(2,3)23-36(24-37(27(4)5,28(6)7)29(8)9,25-38(30(10)11,31(12)13)32(14)15)26-39(33(16)17,34(18)19)35(20)21/h23H,1-21H3/q+1. The van der Waals surface area contributed by atoms with Crippen molar-refractivity contribution in [2.75, 3.05) is 127 Å². The van der Waals surface area contributed by atoms with Gasteiger partial charge in [-0.3, -0.25) is 28.0 Å². The van der Waals surface area contributed by atoms with Crippen molar-refractivity contribution in [2.45, 2.75) is 26.3 Å². The third-order valence-electron chi connectivity index (χ3n) is 6.05. The Morgan fingerprint density at radius 2 is 0.692 bits per heavy atom. The monoisotopic (exact) mass is 634 g/mol. The molecule has 13 nitrogen and oxygen atoms in total. The Labute approximate surface area is 244 Å². The van der Waals surface area contributed by atoms with Gasteiger partial charge in [0.05, 0.1) is 0 Å². The highest BCUT2D eigenvalue weighted by molar-refractivity contribution is 7.82. The van der Waals surface area contributed by atoms with Crippen molar-refractivity contribution in [3.8, 4) is 0 Å². The lowest BCUT2D eigenvalue weighted by molar-refractivity contribution is 0.460. The summed E-state index contributed by atoms with van der Waals surface area (Å²) in [5.74, 6) is 0. The summed E-state index contributed by atoms with van der Waals surface area (Å²) in [4.78, 5) is 0. The molecule has 0 heterocycles. The lowest BCUT2D eigenvalue weighted by atomic mass is 10.1. The quantitative estimate of drug-likeness (QED) is 0.282. The zero-order valence-corrected chi connectivity index (χ0v) is 32.7. The Morgan fingerprint density at radius 1 is 0.462 bits per heavy atom. The van der Waals surface area contributed by atoms with E-state index in [1.54, 1.807) is 0 Å². The SMILES string of the molecule is CN(C)P(=NP(=N[P+](N(C)C)(N(C)C)N(C)C)(N=P(N(C)C)(N(C)C)N(C)C)NC(C)(C)C)(N(C)C)N(C)C. The van der Waals surface area contributed by atoms with E-state index in [1.165, 1.54) is 0 Å². The van der Waals surface area contributed by atoms with Crippen LogP contribution in [0.1, 0.15) is 20.8 Å². The fourth-order valence-electron chi connectivity index (χ4n) is 5.01. The third kappa shape index (κ3) is 8.43. The van der Waals surface area contributed by atoms with Crippen molar-refractivity contribution in [3.05, 3.63) is 0 Å². The van der Waals surface area contributed by atoms with Crippen LogP contribution in [0.3, 0.4) is 0 Å². The molecule has 17 heteroatoms. The first-order valence-electron chi connectivity index (χ1n) is 13.0. The summed E-state index contributed by atoms with van der Waals surface area (Å²) < 4.78 is 38.1. The molecule has 0 bridgehead atoms. The zero-order chi connectivity index (χ0) is 31.5. The Bertz CT molecular complexity index is 821. The van der Waals surface area contributed by atoms with E-state index in [0.29, 0.717) is 0 Å². The van der Waals surface area contributed by atoms with Crippen molar-refractivity contribution in [2.24, 2.45) is 13.5 Å². The first-order chi connectivity index (χ1) is 17.3. The average molecular weight is 635 g/mol. The molecule has 0 radical (unpaired) electrons. The first-order valence-corrected chi connectivity index (χ1v) is 19.5. The van der Waals surface area contributed by atoms with Crippen LogP contribution in [-0.4, -0.2) is 174 Å². The average Bonchev–Trinajstić information content (AvgIpc) is 2.70. The van der Waals surface area contributed by atoms with Gasteiger partial charge in [-0.05, 0) is 110 Å².